The van der Waals surface area contributed by atoms with E-state index in [0.29, 0.717) is 18.8 Å². The molecule has 0 aliphatic carbocycles. The second-order valence-electron chi connectivity index (χ2n) is 7.37. The number of hydrogen-bond acceptors (Lipinski definition) is 5. The van der Waals surface area contributed by atoms with E-state index in [0.717, 1.165) is 13.1 Å². The highest BCUT2D eigenvalue weighted by Gasteiger charge is 2.28. The first-order chi connectivity index (χ1) is 15.1. The third-order valence-electron chi connectivity index (χ3n) is 5.40. The number of nitrogens with zero attached hydrogens (tertiary/aromatic N) is 2. The summed E-state index contributed by atoms with van der Waals surface area (Å²) in [6, 6.07) is 21.1. The van der Waals surface area contributed by atoms with Crippen LogP contribution in [0.5, 0.6) is 5.75 Å². The average Bonchev–Trinajstić information content (AvgIpc) is 3.33. The summed E-state index contributed by atoms with van der Waals surface area (Å²) in [5.74, 6) is -0.729. The molecule has 3 aromatic rings. The van der Waals surface area contributed by atoms with E-state index in [9.17, 15) is 9.59 Å². The Hall–Kier alpha value is -3.16. The number of benzene rings is 2. The van der Waals surface area contributed by atoms with Crippen molar-refractivity contribution < 1.29 is 19.4 Å². The number of ether oxygens (including phenoxy) is 1. The zero-order valence-electron chi connectivity index (χ0n) is 17.0. The Morgan fingerprint density at radius 3 is 2.42 bits per heavy atom. The van der Waals surface area contributed by atoms with Crippen LogP contribution in [-0.2, 0) is 4.79 Å². The number of carboxylic acid groups (broad SMARTS) is 1. The van der Waals surface area contributed by atoms with Crippen LogP contribution in [0.2, 0.25) is 0 Å². The van der Waals surface area contributed by atoms with Crippen molar-refractivity contribution in [3.05, 3.63) is 88.1 Å². The third-order valence-corrected chi connectivity index (χ3v) is 6.33. The van der Waals surface area contributed by atoms with Gasteiger partial charge >= 0.3 is 5.97 Å². The molecule has 31 heavy (non-hydrogen) atoms. The average molecular weight is 437 g/mol. The summed E-state index contributed by atoms with van der Waals surface area (Å²) < 4.78 is 5.55. The molecule has 1 aliphatic rings. The molecule has 1 atom stereocenters. The lowest BCUT2D eigenvalue weighted by Crippen LogP contribution is -2.50. The molecule has 1 aromatic heterocycles. The van der Waals surface area contributed by atoms with Gasteiger partial charge in [0.05, 0.1) is 11.6 Å². The van der Waals surface area contributed by atoms with Crippen LogP contribution in [0, 0.1) is 0 Å². The van der Waals surface area contributed by atoms with Crippen LogP contribution in [0.4, 0.5) is 0 Å². The second kappa shape index (κ2) is 9.76. The van der Waals surface area contributed by atoms with Crippen molar-refractivity contribution in [3.8, 4) is 5.75 Å². The summed E-state index contributed by atoms with van der Waals surface area (Å²) in [5.41, 5.74) is 1.39. The standard InChI is InChI=1S/C24H24N2O4S/c27-22(17-30-20-9-4-8-19(16-20)24(28)29)25-11-13-26(14-12-25)23(21-10-5-15-31-21)18-6-2-1-3-7-18/h1-10,15-16,23H,11-14,17H2,(H,28,29). The largest absolute Gasteiger partial charge is 0.484 e. The lowest BCUT2D eigenvalue weighted by Gasteiger charge is -2.39. The minimum atomic E-state index is -1.02. The molecule has 1 N–H and O–H groups in total. The maximum atomic E-state index is 12.6. The topological polar surface area (TPSA) is 70.1 Å². The first kappa shape index (κ1) is 21.1. The fourth-order valence-electron chi connectivity index (χ4n) is 3.82. The summed E-state index contributed by atoms with van der Waals surface area (Å²) in [4.78, 5) is 29.2. The van der Waals surface area contributed by atoms with Crippen LogP contribution < -0.4 is 4.74 Å². The molecular formula is C24H24N2O4S. The van der Waals surface area contributed by atoms with E-state index in [1.165, 1.54) is 22.6 Å². The fourth-order valence-corrected chi connectivity index (χ4v) is 4.71. The maximum Gasteiger partial charge on any atom is 0.335 e. The van der Waals surface area contributed by atoms with Gasteiger partial charge in [0.1, 0.15) is 5.75 Å². The van der Waals surface area contributed by atoms with Gasteiger partial charge in [0.2, 0.25) is 0 Å². The van der Waals surface area contributed by atoms with Gasteiger partial charge in [-0.1, -0.05) is 42.5 Å². The van der Waals surface area contributed by atoms with Crippen molar-refractivity contribution in [3.63, 3.8) is 0 Å². The predicted octanol–water partition coefficient (Wildman–Crippen LogP) is 3.76. The molecule has 0 spiro atoms. The number of amides is 1. The quantitative estimate of drug-likeness (QED) is 0.611. The number of aromatic carboxylic acids is 1. The Labute approximate surface area is 185 Å². The van der Waals surface area contributed by atoms with Crippen molar-refractivity contribution >= 4 is 23.2 Å². The first-order valence-corrected chi connectivity index (χ1v) is 11.1. The predicted molar refractivity (Wildman–Crippen MR) is 120 cm³/mol. The smallest absolute Gasteiger partial charge is 0.335 e. The van der Waals surface area contributed by atoms with Gasteiger partial charge in [-0.25, -0.2) is 4.79 Å². The number of hydrogen-bond donors (Lipinski definition) is 1. The van der Waals surface area contributed by atoms with E-state index in [2.05, 4.69) is 46.7 Å². The van der Waals surface area contributed by atoms with Gasteiger partial charge < -0.3 is 14.7 Å². The Morgan fingerprint density at radius 2 is 1.74 bits per heavy atom. The van der Waals surface area contributed by atoms with Crippen LogP contribution in [0.15, 0.2) is 72.1 Å². The van der Waals surface area contributed by atoms with Gasteiger partial charge in [-0.2, -0.15) is 0 Å². The minimum absolute atomic E-state index is 0.0900. The van der Waals surface area contributed by atoms with Gasteiger partial charge in [-0.05, 0) is 35.2 Å². The molecule has 2 aromatic carbocycles. The van der Waals surface area contributed by atoms with E-state index in [4.69, 9.17) is 9.84 Å². The van der Waals surface area contributed by atoms with Gasteiger partial charge in [0, 0.05) is 31.1 Å². The maximum absolute atomic E-state index is 12.6. The summed E-state index contributed by atoms with van der Waals surface area (Å²) in [6.45, 7) is 2.71. The van der Waals surface area contributed by atoms with Crippen LogP contribution in [0.1, 0.15) is 26.8 Å². The van der Waals surface area contributed by atoms with E-state index >= 15 is 0 Å². The summed E-state index contributed by atoms with van der Waals surface area (Å²) in [7, 11) is 0. The lowest BCUT2D eigenvalue weighted by atomic mass is 10.0. The minimum Gasteiger partial charge on any atom is -0.484 e. The Morgan fingerprint density at radius 1 is 0.968 bits per heavy atom. The van der Waals surface area contributed by atoms with Crippen molar-refractivity contribution in [2.45, 2.75) is 6.04 Å². The zero-order valence-corrected chi connectivity index (χ0v) is 17.8. The van der Waals surface area contributed by atoms with Gasteiger partial charge in [-0.3, -0.25) is 9.69 Å². The number of carboxylic acids is 1. The van der Waals surface area contributed by atoms with Crippen LogP contribution in [-0.4, -0.2) is 59.6 Å². The molecule has 160 valence electrons. The number of piperazine rings is 1. The molecule has 0 bridgehead atoms. The second-order valence-corrected chi connectivity index (χ2v) is 8.35. The molecule has 6 nitrogen and oxygen atoms in total. The van der Waals surface area contributed by atoms with Gasteiger partial charge in [0.25, 0.3) is 5.91 Å². The van der Waals surface area contributed by atoms with Crippen molar-refractivity contribution in [1.82, 2.24) is 9.80 Å². The highest BCUT2D eigenvalue weighted by atomic mass is 32.1. The van der Waals surface area contributed by atoms with Crippen LogP contribution in [0.3, 0.4) is 0 Å². The zero-order chi connectivity index (χ0) is 21.6. The Balaban J connectivity index is 1.36. The van der Waals surface area contributed by atoms with Crippen molar-refractivity contribution in [2.24, 2.45) is 0 Å². The van der Waals surface area contributed by atoms with E-state index < -0.39 is 5.97 Å². The normalized spacial score (nSPS) is 15.4. The molecule has 7 heteroatoms. The lowest BCUT2D eigenvalue weighted by molar-refractivity contribution is -0.135. The first-order valence-electron chi connectivity index (χ1n) is 10.2. The molecule has 1 amide bonds. The number of carbonyl (C=O) groups is 2. The van der Waals surface area contributed by atoms with Crippen molar-refractivity contribution in [1.29, 1.82) is 0 Å². The summed E-state index contributed by atoms with van der Waals surface area (Å²) in [6.07, 6.45) is 0. The van der Waals surface area contributed by atoms with Crippen LogP contribution in [0.25, 0.3) is 0 Å². The molecule has 1 saturated heterocycles. The molecular weight excluding hydrogens is 412 g/mol. The summed E-state index contributed by atoms with van der Waals surface area (Å²) in [5, 5.41) is 11.2. The fraction of sp³-hybridized carbons (Fsp3) is 0.250. The Kier molecular flexibility index (Phi) is 6.64. The van der Waals surface area contributed by atoms with Crippen molar-refractivity contribution in [2.75, 3.05) is 32.8 Å². The number of rotatable bonds is 7. The molecule has 1 aliphatic heterocycles. The SMILES string of the molecule is O=C(O)c1cccc(OCC(=O)N2CCN(C(c3ccccc3)c3cccs3)CC2)c1. The highest BCUT2D eigenvalue weighted by molar-refractivity contribution is 7.10. The molecule has 1 fully saturated rings. The van der Waals surface area contributed by atoms with E-state index in [1.54, 1.807) is 23.5 Å². The third kappa shape index (κ3) is 5.13. The molecule has 0 radical (unpaired) electrons. The number of carbonyl (C=O) groups excluding carboxylic acids is 1. The van der Waals surface area contributed by atoms with Gasteiger partial charge in [0.15, 0.2) is 6.61 Å². The van der Waals surface area contributed by atoms with E-state index in [1.807, 2.05) is 11.0 Å². The molecule has 0 saturated carbocycles. The highest BCUT2D eigenvalue weighted by Crippen LogP contribution is 2.32. The van der Waals surface area contributed by atoms with Gasteiger partial charge in [-0.15, -0.1) is 11.3 Å². The molecule has 4 rings (SSSR count). The number of thiophene rings is 1. The molecule has 2 heterocycles. The monoisotopic (exact) mass is 436 g/mol. The molecule has 1 unspecified atom stereocenters. The Bertz CT molecular complexity index is 1020. The van der Waals surface area contributed by atoms with E-state index in [-0.39, 0.29) is 24.1 Å². The van der Waals surface area contributed by atoms with Crippen LogP contribution >= 0.6 is 11.3 Å². The summed E-state index contributed by atoms with van der Waals surface area (Å²) >= 11 is 1.75.